The Morgan fingerprint density at radius 3 is 2.42 bits per heavy atom. The number of carboxylic acid groups (broad SMARTS) is 1. The highest BCUT2D eigenvalue weighted by atomic mass is 19.1. The van der Waals surface area contributed by atoms with E-state index in [9.17, 15) is 19.1 Å². The first-order valence-electron chi connectivity index (χ1n) is 7.53. The van der Waals surface area contributed by atoms with Crippen LogP contribution in [0.2, 0.25) is 0 Å². The standard InChI is InChI=1S/C17H20FN3O3/c1-10-14(11(2)21(3)20-10)8-16(22)19-9-15(17(23)24)12-4-6-13(18)7-5-12/h4-7,15H,8-9H2,1-3H3,(H,19,22)(H,23,24). The second kappa shape index (κ2) is 7.25. The van der Waals surface area contributed by atoms with Crippen molar-refractivity contribution in [2.45, 2.75) is 26.2 Å². The Balaban J connectivity index is 2.02. The Morgan fingerprint density at radius 1 is 1.29 bits per heavy atom. The molecule has 128 valence electrons. The number of benzene rings is 1. The molecule has 0 aliphatic rings. The summed E-state index contributed by atoms with van der Waals surface area (Å²) >= 11 is 0. The average molecular weight is 333 g/mol. The topological polar surface area (TPSA) is 84.2 Å². The van der Waals surface area contributed by atoms with Gasteiger partial charge in [-0.05, 0) is 31.5 Å². The van der Waals surface area contributed by atoms with Crippen molar-refractivity contribution in [3.05, 3.63) is 52.6 Å². The summed E-state index contributed by atoms with van der Waals surface area (Å²) in [5.74, 6) is -2.71. The molecular formula is C17H20FN3O3. The van der Waals surface area contributed by atoms with Crippen molar-refractivity contribution in [3.63, 3.8) is 0 Å². The normalized spacial score (nSPS) is 12.0. The summed E-state index contributed by atoms with van der Waals surface area (Å²) in [5, 5.41) is 16.2. The van der Waals surface area contributed by atoms with Gasteiger partial charge in [0.25, 0.3) is 0 Å². The van der Waals surface area contributed by atoms with Crippen molar-refractivity contribution in [2.24, 2.45) is 7.05 Å². The fourth-order valence-electron chi connectivity index (χ4n) is 2.56. The number of nitrogens with zero attached hydrogens (tertiary/aromatic N) is 2. The molecule has 1 aromatic carbocycles. The number of amides is 1. The van der Waals surface area contributed by atoms with Crippen molar-refractivity contribution in [3.8, 4) is 0 Å². The van der Waals surface area contributed by atoms with Crippen LogP contribution in [0.3, 0.4) is 0 Å². The third kappa shape index (κ3) is 3.98. The minimum atomic E-state index is -1.07. The van der Waals surface area contributed by atoms with Crippen LogP contribution in [0, 0.1) is 19.7 Å². The highest BCUT2D eigenvalue weighted by Gasteiger charge is 2.21. The smallest absolute Gasteiger partial charge is 0.312 e. The summed E-state index contributed by atoms with van der Waals surface area (Å²) in [6.45, 7) is 3.65. The van der Waals surface area contributed by atoms with Crippen LogP contribution in [0.25, 0.3) is 0 Å². The van der Waals surface area contributed by atoms with E-state index in [1.807, 2.05) is 13.8 Å². The van der Waals surface area contributed by atoms with Crippen LogP contribution in [0.5, 0.6) is 0 Å². The van der Waals surface area contributed by atoms with E-state index in [0.29, 0.717) is 5.56 Å². The molecule has 2 rings (SSSR count). The van der Waals surface area contributed by atoms with Gasteiger partial charge in [0.2, 0.25) is 5.91 Å². The number of halogens is 1. The summed E-state index contributed by atoms with van der Waals surface area (Å²) in [6.07, 6.45) is 0.140. The predicted molar refractivity (Wildman–Crippen MR) is 86.2 cm³/mol. The molecule has 1 atom stereocenters. The first kappa shape index (κ1) is 17.7. The van der Waals surface area contributed by atoms with Crippen LogP contribution in [-0.4, -0.2) is 33.3 Å². The highest BCUT2D eigenvalue weighted by molar-refractivity contribution is 5.81. The second-order valence-electron chi connectivity index (χ2n) is 5.70. The molecule has 1 aromatic heterocycles. The second-order valence-corrected chi connectivity index (χ2v) is 5.70. The first-order valence-corrected chi connectivity index (χ1v) is 7.53. The number of aryl methyl sites for hydroxylation is 2. The van der Waals surface area contributed by atoms with Gasteiger partial charge in [0.05, 0.1) is 18.0 Å². The first-order chi connectivity index (χ1) is 11.3. The van der Waals surface area contributed by atoms with Crippen LogP contribution >= 0.6 is 0 Å². The molecule has 24 heavy (non-hydrogen) atoms. The van der Waals surface area contributed by atoms with Crippen molar-refractivity contribution >= 4 is 11.9 Å². The van der Waals surface area contributed by atoms with Gasteiger partial charge < -0.3 is 10.4 Å². The van der Waals surface area contributed by atoms with E-state index in [-0.39, 0.29) is 18.9 Å². The number of carboxylic acids is 1. The van der Waals surface area contributed by atoms with Gasteiger partial charge in [-0.2, -0.15) is 5.10 Å². The number of aliphatic carboxylic acids is 1. The number of hydrogen-bond acceptors (Lipinski definition) is 3. The Morgan fingerprint density at radius 2 is 1.92 bits per heavy atom. The van der Waals surface area contributed by atoms with Crippen molar-refractivity contribution in [1.82, 2.24) is 15.1 Å². The summed E-state index contributed by atoms with van der Waals surface area (Å²) in [6, 6.07) is 5.23. The van der Waals surface area contributed by atoms with Crippen LogP contribution in [0.15, 0.2) is 24.3 Å². The lowest BCUT2D eigenvalue weighted by Gasteiger charge is -2.14. The minimum absolute atomic E-state index is 0.0574. The van der Waals surface area contributed by atoms with E-state index in [4.69, 9.17) is 0 Å². The maximum absolute atomic E-state index is 13.0. The lowest BCUT2D eigenvalue weighted by Crippen LogP contribution is -2.32. The zero-order valence-electron chi connectivity index (χ0n) is 13.8. The van der Waals surface area contributed by atoms with Gasteiger partial charge in [0.15, 0.2) is 0 Å². The van der Waals surface area contributed by atoms with Gasteiger partial charge in [-0.25, -0.2) is 4.39 Å². The lowest BCUT2D eigenvalue weighted by molar-refractivity contribution is -0.138. The summed E-state index contributed by atoms with van der Waals surface area (Å²) in [7, 11) is 1.80. The molecule has 1 unspecified atom stereocenters. The highest BCUT2D eigenvalue weighted by Crippen LogP contribution is 2.17. The van der Waals surface area contributed by atoms with E-state index in [2.05, 4.69) is 10.4 Å². The van der Waals surface area contributed by atoms with Gasteiger partial charge in [0, 0.05) is 24.8 Å². The number of carbonyl (C=O) groups excluding carboxylic acids is 1. The van der Waals surface area contributed by atoms with Crippen LogP contribution in [0.4, 0.5) is 4.39 Å². The minimum Gasteiger partial charge on any atom is -0.481 e. The number of hydrogen-bond donors (Lipinski definition) is 2. The molecule has 1 heterocycles. The van der Waals surface area contributed by atoms with Gasteiger partial charge in [-0.15, -0.1) is 0 Å². The molecular weight excluding hydrogens is 313 g/mol. The molecule has 0 aliphatic heterocycles. The molecule has 0 saturated heterocycles. The van der Waals surface area contributed by atoms with E-state index >= 15 is 0 Å². The zero-order valence-corrected chi connectivity index (χ0v) is 13.8. The molecule has 2 aromatic rings. The molecule has 6 nitrogen and oxygen atoms in total. The van der Waals surface area contributed by atoms with Crippen LogP contribution in [0.1, 0.15) is 28.4 Å². The van der Waals surface area contributed by atoms with Gasteiger partial charge >= 0.3 is 5.97 Å². The van der Waals surface area contributed by atoms with Crippen molar-refractivity contribution < 1.29 is 19.1 Å². The SMILES string of the molecule is Cc1nn(C)c(C)c1CC(=O)NCC(C(=O)O)c1ccc(F)cc1. The average Bonchev–Trinajstić information content (AvgIpc) is 2.75. The third-order valence-electron chi connectivity index (χ3n) is 4.07. The molecule has 0 radical (unpaired) electrons. The molecule has 7 heteroatoms. The van der Waals surface area contributed by atoms with Crippen LogP contribution in [-0.2, 0) is 23.1 Å². The van der Waals surface area contributed by atoms with E-state index in [1.54, 1.807) is 11.7 Å². The lowest BCUT2D eigenvalue weighted by atomic mass is 9.99. The maximum atomic E-state index is 13.0. The Kier molecular flexibility index (Phi) is 5.33. The Hall–Kier alpha value is -2.70. The van der Waals surface area contributed by atoms with Crippen molar-refractivity contribution in [2.75, 3.05) is 6.54 Å². The Bertz CT molecular complexity index is 753. The quantitative estimate of drug-likeness (QED) is 0.843. The summed E-state index contributed by atoms with van der Waals surface area (Å²) in [5.41, 5.74) is 2.95. The number of carbonyl (C=O) groups is 2. The molecule has 0 bridgehead atoms. The molecule has 0 fully saturated rings. The Labute approximate surface area is 139 Å². The predicted octanol–water partition coefficient (Wildman–Crippen LogP) is 1.70. The molecule has 0 saturated carbocycles. The van der Waals surface area contributed by atoms with Crippen LogP contribution < -0.4 is 5.32 Å². The van der Waals surface area contributed by atoms with Gasteiger partial charge in [0.1, 0.15) is 5.82 Å². The van der Waals surface area contributed by atoms with E-state index in [0.717, 1.165) is 17.0 Å². The fourth-order valence-corrected chi connectivity index (χ4v) is 2.56. The number of rotatable bonds is 6. The largest absolute Gasteiger partial charge is 0.481 e. The molecule has 0 aliphatic carbocycles. The zero-order chi connectivity index (χ0) is 17.9. The van der Waals surface area contributed by atoms with E-state index in [1.165, 1.54) is 24.3 Å². The fraction of sp³-hybridized carbons (Fsp3) is 0.353. The van der Waals surface area contributed by atoms with E-state index < -0.39 is 17.7 Å². The molecule has 1 amide bonds. The summed E-state index contributed by atoms with van der Waals surface area (Å²) in [4.78, 5) is 23.5. The van der Waals surface area contributed by atoms with Gasteiger partial charge in [-0.1, -0.05) is 12.1 Å². The number of nitrogens with one attached hydrogen (secondary N) is 1. The summed E-state index contributed by atoms with van der Waals surface area (Å²) < 4.78 is 14.7. The maximum Gasteiger partial charge on any atom is 0.312 e. The molecule has 2 N–H and O–H groups in total. The molecule has 0 spiro atoms. The number of aromatic nitrogens is 2. The van der Waals surface area contributed by atoms with Crippen molar-refractivity contribution in [1.29, 1.82) is 0 Å². The third-order valence-corrected chi connectivity index (χ3v) is 4.07. The monoisotopic (exact) mass is 333 g/mol. The van der Waals surface area contributed by atoms with Gasteiger partial charge in [-0.3, -0.25) is 14.3 Å².